The van der Waals surface area contributed by atoms with E-state index < -0.39 is 0 Å². The molecule has 1 aliphatic carbocycles. The van der Waals surface area contributed by atoms with Crippen LogP contribution in [0, 0.1) is 0 Å². The minimum atomic E-state index is -0.262. The van der Waals surface area contributed by atoms with E-state index in [4.69, 9.17) is 44.0 Å². The molecule has 3 aromatic rings. The molecule has 0 atom stereocenters. The van der Waals surface area contributed by atoms with Crippen LogP contribution in [0.2, 0.25) is 15.1 Å². The molecule has 0 fully saturated rings. The Kier molecular flexibility index (Phi) is 4.04. The molecule has 138 valence electrons. The van der Waals surface area contributed by atoms with Crippen molar-refractivity contribution in [2.45, 2.75) is 25.8 Å². The van der Waals surface area contributed by atoms with Crippen LogP contribution in [0.5, 0.6) is 5.75 Å². The molecule has 1 aliphatic heterocycles. The van der Waals surface area contributed by atoms with E-state index >= 15 is 0 Å². The van der Waals surface area contributed by atoms with Gasteiger partial charge in [0.1, 0.15) is 11.3 Å². The van der Waals surface area contributed by atoms with Gasteiger partial charge in [0.15, 0.2) is 6.73 Å². The maximum Gasteiger partial charge on any atom is 0.339 e. The van der Waals surface area contributed by atoms with E-state index in [1.807, 2.05) is 23.1 Å². The lowest BCUT2D eigenvalue weighted by Gasteiger charge is -2.32. The van der Waals surface area contributed by atoms with Crippen molar-refractivity contribution in [1.82, 2.24) is 0 Å². The smallest absolute Gasteiger partial charge is 0.339 e. The van der Waals surface area contributed by atoms with Gasteiger partial charge in [-0.25, -0.2) is 4.79 Å². The maximum absolute atomic E-state index is 12.4. The van der Waals surface area contributed by atoms with Crippen LogP contribution < -0.4 is 15.3 Å². The average molecular weight is 423 g/mol. The zero-order valence-electron chi connectivity index (χ0n) is 14.2. The first kappa shape index (κ1) is 17.2. The molecule has 0 bridgehead atoms. The number of nitrogens with zero attached hydrogens (tertiary/aromatic N) is 1. The average Bonchev–Trinajstić information content (AvgIpc) is 3.13. The number of benzene rings is 2. The summed E-state index contributed by atoms with van der Waals surface area (Å²) in [6.07, 6.45) is 2.57. The Morgan fingerprint density at radius 1 is 0.926 bits per heavy atom. The second kappa shape index (κ2) is 6.33. The third kappa shape index (κ3) is 2.78. The molecule has 0 saturated carbocycles. The quantitative estimate of drug-likeness (QED) is 0.479. The fourth-order valence-corrected chi connectivity index (χ4v) is 4.79. The highest BCUT2D eigenvalue weighted by atomic mass is 35.5. The van der Waals surface area contributed by atoms with Gasteiger partial charge in [-0.3, -0.25) is 0 Å². The molecule has 5 rings (SSSR count). The molecule has 0 spiro atoms. The molecular formula is C20H14Cl3NO3. The fraction of sp³-hybridized carbons (Fsp3) is 0.250. The van der Waals surface area contributed by atoms with Crippen LogP contribution in [0.4, 0.5) is 5.69 Å². The summed E-state index contributed by atoms with van der Waals surface area (Å²) < 4.78 is 11.6. The Bertz CT molecular complexity index is 1140. The fourth-order valence-electron chi connectivity index (χ4n) is 4.00. The molecule has 7 heteroatoms. The predicted molar refractivity (Wildman–Crippen MR) is 108 cm³/mol. The molecule has 1 aromatic heterocycles. The van der Waals surface area contributed by atoms with Crippen molar-refractivity contribution in [3.63, 3.8) is 0 Å². The van der Waals surface area contributed by atoms with Crippen molar-refractivity contribution in [1.29, 1.82) is 0 Å². The van der Waals surface area contributed by atoms with Crippen molar-refractivity contribution < 1.29 is 9.15 Å². The number of anilines is 1. The minimum Gasteiger partial charge on any atom is -0.471 e. The van der Waals surface area contributed by atoms with Crippen molar-refractivity contribution in [3.05, 3.63) is 66.4 Å². The minimum absolute atomic E-state index is 0.262. The largest absolute Gasteiger partial charge is 0.471 e. The van der Waals surface area contributed by atoms with Gasteiger partial charge in [-0.1, -0.05) is 34.8 Å². The highest BCUT2D eigenvalue weighted by Gasteiger charge is 2.28. The number of hydrogen-bond donors (Lipinski definition) is 0. The van der Waals surface area contributed by atoms with Crippen molar-refractivity contribution in [3.8, 4) is 5.75 Å². The summed E-state index contributed by atoms with van der Waals surface area (Å²) in [4.78, 5) is 14.4. The predicted octanol–water partition coefficient (Wildman–Crippen LogP) is 5.60. The van der Waals surface area contributed by atoms with Crippen LogP contribution in [0.25, 0.3) is 11.0 Å². The molecule has 0 radical (unpaired) electrons. The van der Waals surface area contributed by atoms with Gasteiger partial charge in [0.05, 0.1) is 17.1 Å². The van der Waals surface area contributed by atoms with Crippen LogP contribution in [-0.4, -0.2) is 6.73 Å². The third-order valence-corrected chi connectivity index (χ3v) is 5.91. The molecule has 2 aromatic carbocycles. The number of fused-ring (bicyclic) bond motifs is 5. The van der Waals surface area contributed by atoms with Crippen LogP contribution in [0.15, 0.2) is 33.5 Å². The van der Waals surface area contributed by atoms with Gasteiger partial charge in [0, 0.05) is 26.7 Å². The lowest BCUT2D eigenvalue weighted by atomic mass is 10.0. The van der Waals surface area contributed by atoms with Crippen LogP contribution in [-0.2, 0) is 19.4 Å². The molecule has 0 N–H and O–H groups in total. The zero-order valence-corrected chi connectivity index (χ0v) is 16.4. The van der Waals surface area contributed by atoms with E-state index in [1.165, 1.54) is 0 Å². The van der Waals surface area contributed by atoms with E-state index in [0.717, 1.165) is 47.0 Å². The van der Waals surface area contributed by atoms with Crippen molar-refractivity contribution in [2.75, 3.05) is 11.6 Å². The lowest BCUT2D eigenvalue weighted by molar-refractivity contribution is 0.289. The summed E-state index contributed by atoms with van der Waals surface area (Å²) in [6.45, 7) is 0.773. The second-order valence-electron chi connectivity index (χ2n) is 6.84. The third-order valence-electron chi connectivity index (χ3n) is 5.19. The SMILES string of the molecule is O=c1oc2c3c(c(Cl)cc2c2c1CCC2)OCN(c1cc(Cl)cc(Cl)c1)C3. The van der Waals surface area contributed by atoms with Gasteiger partial charge in [0.25, 0.3) is 0 Å². The molecule has 0 unspecified atom stereocenters. The molecule has 27 heavy (non-hydrogen) atoms. The summed E-state index contributed by atoms with van der Waals surface area (Å²) in [5.41, 5.74) is 3.71. The zero-order chi connectivity index (χ0) is 18.7. The lowest BCUT2D eigenvalue weighted by Crippen LogP contribution is -2.32. The number of halogens is 3. The molecule has 0 saturated heterocycles. The Morgan fingerprint density at radius 2 is 1.67 bits per heavy atom. The number of aryl methyl sites for hydroxylation is 1. The van der Waals surface area contributed by atoms with Crippen LogP contribution in [0.3, 0.4) is 0 Å². The Hall–Kier alpha value is -1.88. The van der Waals surface area contributed by atoms with E-state index in [9.17, 15) is 4.79 Å². The van der Waals surface area contributed by atoms with Crippen molar-refractivity contribution >= 4 is 51.5 Å². The van der Waals surface area contributed by atoms with Crippen molar-refractivity contribution in [2.24, 2.45) is 0 Å². The number of ether oxygens (including phenoxy) is 1. The topological polar surface area (TPSA) is 42.7 Å². The summed E-state index contributed by atoms with van der Waals surface area (Å²) in [5, 5.41) is 2.52. The Labute approximate surface area is 170 Å². The van der Waals surface area contributed by atoms with E-state index in [0.29, 0.717) is 39.7 Å². The molecule has 2 heterocycles. The monoisotopic (exact) mass is 421 g/mol. The van der Waals surface area contributed by atoms with Gasteiger partial charge in [-0.2, -0.15) is 0 Å². The van der Waals surface area contributed by atoms with Gasteiger partial charge in [-0.15, -0.1) is 0 Å². The van der Waals surface area contributed by atoms with Gasteiger partial charge in [-0.05, 0) is 49.1 Å². The van der Waals surface area contributed by atoms with Crippen LogP contribution >= 0.6 is 34.8 Å². The Balaban J connectivity index is 1.69. The molecular weight excluding hydrogens is 409 g/mol. The van der Waals surface area contributed by atoms with Crippen LogP contribution in [0.1, 0.15) is 23.1 Å². The summed E-state index contributed by atoms with van der Waals surface area (Å²) in [6, 6.07) is 7.18. The maximum atomic E-state index is 12.4. The molecule has 4 nitrogen and oxygen atoms in total. The normalized spacial score (nSPS) is 15.6. The highest BCUT2D eigenvalue weighted by molar-refractivity contribution is 6.35. The first-order valence-corrected chi connectivity index (χ1v) is 9.78. The summed E-state index contributed by atoms with van der Waals surface area (Å²) in [5.74, 6) is 0.564. The Morgan fingerprint density at radius 3 is 2.44 bits per heavy atom. The number of hydrogen-bond acceptors (Lipinski definition) is 4. The summed E-state index contributed by atoms with van der Waals surface area (Å²) in [7, 11) is 0. The number of rotatable bonds is 1. The molecule has 0 amide bonds. The first-order valence-electron chi connectivity index (χ1n) is 8.65. The van der Waals surface area contributed by atoms with E-state index in [2.05, 4.69) is 0 Å². The standard InChI is InChI=1S/C20H14Cl3NO3/c21-10-4-11(22)6-12(5-10)24-8-16-18-15(7-17(23)19(16)26-9-24)13-2-1-3-14(13)20(25)27-18/h4-7H,1-3,8-9H2. The van der Waals surface area contributed by atoms with E-state index in [-0.39, 0.29) is 5.63 Å². The molecule has 2 aliphatic rings. The van der Waals surface area contributed by atoms with E-state index in [1.54, 1.807) is 6.07 Å². The van der Waals surface area contributed by atoms with Gasteiger partial charge in [0.2, 0.25) is 0 Å². The first-order chi connectivity index (χ1) is 13.0. The van der Waals surface area contributed by atoms with Gasteiger partial charge >= 0.3 is 5.63 Å². The summed E-state index contributed by atoms with van der Waals surface area (Å²) >= 11 is 18.8. The van der Waals surface area contributed by atoms with Gasteiger partial charge < -0.3 is 14.1 Å². The highest BCUT2D eigenvalue weighted by Crippen LogP contribution is 2.42. The second-order valence-corrected chi connectivity index (χ2v) is 8.12.